The Balaban J connectivity index is 1.48. The highest BCUT2D eigenvalue weighted by atomic mass is 19.1. The molecule has 1 fully saturated rings. The topological polar surface area (TPSA) is 53.0 Å². The fraction of sp³-hybridized carbons (Fsp3) is 0.348. The maximum Gasteiger partial charge on any atom is 0.163 e. The van der Waals surface area contributed by atoms with Crippen LogP contribution in [0.15, 0.2) is 48.7 Å². The van der Waals surface area contributed by atoms with E-state index in [1.54, 1.807) is 31.5 Å². The van der Waals surface area contributed by atoms with Crippen molar-refractivity contribution in [1.29, 1.82) is 0 Å². The van der Waals surface area contributed by atoms with E-state index in [1.807, 2.05) is 12.1 Å². The lowest BCUT2D eigenvalue weighted by atomic mass is 10.1. The Bertz CT molecular complexity index is 992. The van der Waals surface area contributed by atoms with Gasteiger partial charge in [-0.2, -0.15) is 0 Å². The smallest absolute Gasteiger partial charge is 0.163 e. The van der Waals surface area contributed by atoms with Gasteiger partial charge in [0.05, 0.1) is 32.4 Å². The molecule has 2 aromatic carbocycles. The minimum Gasteiger partial charge on any atom is -0.493 e. The third-order valence-corrected chi connectivity index (χ3v) is 4.99. The first kappa shape index (κ1) is 20.4. The first-order chi connectivity index (χ1) is 14.7. The Morgan fingerprint density at radius 2 is 1.93 bits per heavy atom. The summed E-state index contributed by atoms with van der Waals surface area (Å²) in [7, 11) is 1.60. The standard InChI is InChI=1S/C23H25FN2O4/c1-27-22-15-19-20(16-23(22)29-11-3-8-26-9-12-28-13-10-26)25-7-6-21(19)30-18-5-2-4-17(24)14-18/h2,4-7,14-16H,3,8-13H2,1H3. The Labute approximate surface area is 175 Å². The lowest BCUT2D eigenvalue weighted by Gasteiger charge is -2.26. The van der Waals surface area contributed by atoms with Crippen LogP contribution in [0.2, 0.25) is 0 Å². The van der Waals surface area contributed by atoms with Crippen LogP contribution in [-0.4, -0.2) is 56.4 Å². The van der Waals surface area contributed by atoms with E-state index in [9.17, 15) is 4.39 Å². The Hall–Kier alpha value is -2.90. The van der Waals surface area contributed by atoms with Crippen molar-refractivity contribution in [1.82, 2.24) is 9.88 Å². The summed E-state index contributed by atoms with van der Waals surface area (Å²) >= 11 is 0. The van der Waals surface area contributed by atoms with Gasteiger partial charge in [0.1, 0.15) is 17.3 Å². The average molecular weight is 412 g/mol. The molecule has 0 radical (unpaired) electrons. The first-order valence-electron chi connectivity index (χ1n) is 10.1. The molecule has 2 heterocycles. The number of hydrogen-bond donors (Lipinski definition) is 0. The van der Waals surface area contributed by atoms with Crippen molar-refractivity contribution in [2.45, 2.75) is 6.42 Å². The van der Waals surface area contributed by atoms with Gasteiger partial charge in [-0.25, -0.2) is 4.39 Å². The minimum atomic E-state index is -0.351. The first-order valence-corrected chi connectivity index (χ1v) is 10.1. The van der Waals surface area contributed by atoms with Gasteiger partial charge in [-0.05, 0) is 30.7 Å². The maximum absolute atomic E-state index is 13.5. The third-order valence-electron chi connectivity index (χ3n) is 4.99. The van der Waals surface area contributed by atoms with Gasteiger partial charge >= 0.3 is 0 Å². The molecule has 3 aromatic rings. The highest BCUT2D eigenvalue weighted by Crippen LogP contribution is 2.37. The van der Waals surface area contributed by atoms with Crippen LogP contribution in [0.3, 0.4) is 0 Å². The van der Waals surface area contributed by atoms with Crippen LogP contribution < -0.4 is 14.2 Å². The van der Waals surface area contributed by atoms with Gasteiger partial charge in [-0.1, -0.05) is 6.07 Å². The molecule has 0 atom stereocenters. The minimum absolute atomic E-state index is 0.351. The molecule has 1 aliphatic heterocycles. The van der Waals surface area contributed by atoms with Crippen LogP contribution in [-0.2, 0) is 4.74 Å². The van der Waals surface area contributed by atoms with Crippen molar-refractivity contribution in [2.75, 3.05) is 46.6 Å². The van der Waals surface area contributed by atoms with Gasteiger partial charge < -0.3 is 18.9 Å². The quantitative estimate of drug-likeness (QED) is 0.515. The second-order valence-electron chi connectivity index (χ2n) is 7.04. The van der Waals surface area contributed by atoms with Crippen molar-refractivity contribution in [2.24, 2.45) is 0 Å². The highest BCUT2D eigenvalue weighted by Gasteiger charge is 2.13. The number of benzene rings is 2. The van der Waals surface area contributed by atoms with E-state index in [-0.39, 0.29) is 5.82 Å². The highest BCUT2D eigenvalue weighted by molar-refractivity contribution is 5.88. The monoisotopic (exact) mass is 412 g/mol. The van der Waals surface area contributed by atoms with Crippen LogP contribution in [0.4, 0.5) is 4.39 Å². The number of halogens is 1. The summed E-state index contributed by atoms with van der Waals surface area (Å²) in [5.41, 5.74) is 0.716. The number of morpholine rings is 1. The number of ether oxygens (including phenoxy) is 4. The van der Waals surface area contributed by atoms with E-state index in [1.165, 1.54) is 12.1 Å². The van der Waals surface area contributed by atoms with Gasteiger partial charge in [0, 0.05) is 43.4 Å². The molecule has 0 N–H and O–H groups in total. The van der Waals surface area contributed by atoms with Crippen molar-refractivity contribution in [3.8, 4) is 23.0 Å². The molecule has 0 saturated carbocycles. The van der Waals surface area contributed by atoms with Crippen LogP contribution in [0, 0.1) is 5.82 Å². The van der Waals surface area contributed by atoms with Crippen molar-refractivity contribution >= 4 is 10.9 Å². The SMILES string of the molecule is COc1cc2c(Oc3cccc(F)c3)ccnc2cc1OCCCN1CCOCC1. The van der Waals surface area contributed by atoms with E-state index < -0.39 is 0 Å². The number of methoxy groups -OCH3 is 1. The molecule has 30 heavy (non-hydrogen) atoms. The molecular formula is C23H25FN2O4. The maximum atomic E-state index is 13.5. The van der Waals surface area contributed by atoms with Gasteiger partial charge in [0.25, 0.3) is 0 Å². The normalized spacial score (nSPS) is 14.6. The number of fused-ring (bicyclic) bond motifs is 1. The van der Waals surface area contributed by atoms with E-state index in [0.717, 1.165) is 44.7 Å². The molecular weight excluding hydrogens is 387 g/mol. The summed E-state index contributed by atoms with van der Waals surface area (Å²) in [4.78, 5) is 6.80. The molecule has 4 rings (SSSR count). The number of hydrogen-bond acceptors (Lipinski definition) is 6. The zero-order valence-electron chi connectivity index (χ0n) is 17.0. The van der Waals surface area contributed by atoms with E-state index in [0.29, 0.717) is 35.1 Å². The lowest BCUT2D eigenvalue weighted by Crippen LogP contribution is -2.37. The van der Waals surface area contributed by atoms with E-state index in [4.69, 9.17) is 18.9 Å². The molecule has 6 nitrogen and oxygen atoms in total. The van der Waals surface area contributed by atoms with Crippen molar-refractivity contribution in [3.63, 3.8) is 0 Å². The van der Waals surface area contributed by atoms with Crippen LogP contribution in [0.5, 0.6) is 23.0 Å². The summed E-state index contributed by atoms with van der Waals surface area (Å²) in [5.74, 6) is 1.89. The Morgan fingerprint density at radius 3 is 2.73 bits per heavy atom. The van der Waals surface area contributed by atoms with E-state index >= 15 is 0 Å². The van der Waals surface area contributed by atoms with Gasteiger partial charge in [0.15, 0.2) is 11.5 Å². The summed E-state index contributed by atoms with van der Waals surface area (Å²) < 4.78 is 36.3. The fourth-order valence-electron chi connectivity index (χ4n) is 3.44. The zero-order valence-corrected chi connectivity index (χ0v) is 17.0. The predicted molar refractivity (Wildman–Crippen MR) is 112 cm³/mol. The lowest BCUT2D eigenvalue weighted by molar-refractivity contribution is 0.0357. The molecule has 158 valence electrons. The second kappa shape index (κ2) is 9.73. The van der Waals surface area contributed by atoms with Crippen LogP contribution in [0.25, 0.3) is 10.9 Å². The number of aromatic nitrogens is 1. The van der Waals surface area contributed by atoms with E-state index in [2.05, 4.69) is 9.88 Å². The number of nitrogens with zero attached hydrogens (tertiary/aromatic N) is 2. The molecule has 7 heteroatoms. The predicted octanol–water partition coefficient (Wildman–Crippen LogP) is 4.28. The van der Waals surface area contributed by atoms with Crippen molar-refractivity contribution < 1.29 is 23.3 Å². The molecule has 0 aliphatic carbocycles. The summed E-state index contributed by atoms with van der Waals surface area (Å²) in [6.07, 6.45) is 2.57. The zero-order chi connectivity index (χ0) is 20.8. The Morgan fingerprint density at radius 1 is 1.07 bits per heavy atom. The van der Waals surface area contributed by atoms with Gasteiger partial charge in [0.2, 0.25) is 0 Å². The van der Waals surface area contributed by atoms with Crippen molar-refractivity contribution in [3.05, 3.63) is 54.5 Å². The van der Waals surface area contributed by atoms with Crippen LogP contribution in [0.1, 0.15) is 6.42 Å². The largest absolute Gasteiger partial charge is 0.493 e. The second-order valence-corrected chi connectivity index (χ2v) is 7.04. The molecule has 1 aromatic heterocycles. The molecule has 1 saturated heterocycles. The third kappa shape index (κ3) is 4.98. The fourth-order valence-corrected chi connectivity index (χ4v) is 3.44. The molecule has 0 spiro atoms. The average Bonchev–Trinajstić information content (AvgIpc) is 2.77. The van der Waals surface area contributed by atoms with Gasteiger partial charge in [-0.3, -0.25) is 9.88 Å². The molecule has 0 unspecified atom stereocenters. The summed E-state index contributed by atoms with van der Waals surface area (Å²) in [6.45, 7) is 5.09. The summed E-state index contributed by atoms with van der Waals surface area (Å²) in [6, 6.07) is 11.5. The number of pyridine rings is 1. The Kier molecular flexibility index (Phi) is 6.61. The molecule has 0 bridgehead atoms. The number of rotatable bonds is 8. The molecule has 0 amide bonds. The summed E-state index contributed by atoms with van der Waals surface area (Å²) in [5, 5.41) is 0.763. The van der Waals surface area contributed by atoms with Gasteiger partial charge in [-0.15, -0.1) is 0 Å². The van der Waals surface area contributed by atoms with Crippen LogP contribution >= 0.6 is 0 Å². The molecule has 1 aliphatic rings.